The number of para-hydroxylation sites is 2. The lowest BCUT2D eigenvalue weighted by molar-refractivity contribution is -0.113. The zero-order chi connectivity index (χ0) is 19.2. The summed E-state index contributed by atoms with van der Waals surface area (Å²) in [5.41, 5.74) is 2.87. The molecule has 0 spiro atoms. The number of ether oxygens (including phenoxy) is 1. The Morgan fingerprint density at radius 2 is 1.89 bits per heavy atom. The van der Waals surface area contributed by atoms with Gasteiger partial charge in [0.05, 0.1) is 18.6 Å². The lowest BCUT2D eigenvalue weighted by Crippen LogP contribution is -2.15. The summed E-state index contributed by atoms with van der Waals surface area (Å²) in [7, 11) is 1.58. The van der Waals surface area contributed by atoms with Gasteiger partial charge in [0, 0.05) is 12.1 Å². The number of anilines is 1. The summed E-state index contributed by atoms with van der Waals surface area (Å²) in [4.78, 5) is 12.3. The second kappa shape index (κ2) is 8.73. The van der Waals surface area contributed by atoms with E-state index in [1.54, 1.807) is 7.11 Å². The van der Waals surface area contributed by atoms with Gasteiger partial charge in [-0.3, -0.25) is 4.79 Å². The van der Waals surface area contributed by atoms with Crippen molar-refractivity contribution >= 4 is 23.4 Å². The molecule has 1 amide bonds. The molecule has 0 fully saturated rings. The lowest BCUT2D eigenvalue weighted by Gasteiger charge is -2.10. The molecule has 0 aliphatic heterocycles. The van der Waals surface area contributed by atoms with Crippen LogP contribution in [0.15, 0.2) is 53.7 Å². The van der Waals surface area contributed by atoms with Crippen molar-refractivity contribution < 1.29 is 9.53 Å². The summed E-state index contributed by atoms with van der Waals surface area (Å²) in [6.07, 6.45) is 0. The number of aryl methyl sites for hydroxylation is 1. The Kier molecular flexibility index (Phi) is 6.13. The van der Waals surface area contributed by atoms with E-state index >= 15 is 0 Å². The van der Waals surface area contributed by atoms with Gasteiger partial charge in [-0.25, -0.2) is 0 Å². The summed E-state index contributed by atoms with van der Waals surface area (Å²) in [6.45, 7) is 4.82. The first-order chi connectivity index (χ1) is 13.1. The number of aromatic nitrogens is 3. The number of carbonyl (C=O) groups excluding carboxylic acids is 1. The minimum Gasteiger partial charge on any atom is -0.495 e. The Morgan fingerprint density at radius 3 is 2.59 bits per heavy atom. The molecule has 1 heterocycles. The van der Waals surface area contributed by atoms with Gasteiger partial charge in [0.2, 0.25) is 5.91 Å². The monoisotopic (exact) mass is 382 g/mol. The predicted molar refractivity (Wildman–Crippen MR) is 108 cm³/mol. The minimum absolute atomic E-state index is 0.118. The molecular formula is C20H22N4O2S. The number of amides is 1. The Hall–Kier alpha value is -2.80. The summed E-state index contributed by atoms with van der Waals surface area (Å²) < 4.78 is 7.28. The smallest absolute Gasteiger partial charge is 0.234 e. The van der Waals surface area contributed by atoms with Crippen LogP contribution >= 0.6 is 11.8 Å². The highest BCUT2D eigenvalue weighted by atomic mass is 32.2. The number of thioether (sulfide) groups is 1. The van der Waals surface area contributed by atoms with Gasteiger partial charge in [0.1, 0.15) is 5.75 Å². The first-order valence-corrected chi connectivity index (χ1v) is 9.66. The number of carbonyl (C=O) groups is 1. The van der Waals surface area contributed by atoms with Crippen LogP contribution in [0, 0.1) is 6.92 Å². The minimum atomic E-state index is -0.118. The van der Waals surface area contributed by atoms with Crippen LogP contribution in [0.4, 0.5) is 5.69 Å². The number of nitrogens with one attached hydrogen (secondary N) is 1. The van der Waals surface area contributed by atoms with E-state index in [0.29, 0.717) is 11.4 Å². The molecule has 3 aromatic rings. The van der Waals surface area contributed by atoms with Crippen molar-refractivity contribution in [3.8, 4) is 17.1 Å². The number of hydrogen-bond donors (Lipinski definition) is 1. The largest absolute Gasteiger partial charge is 0.495 e. The normalized spacial score (nSPS) is 10.6. The highest BCUT2D eigenvalue weighted by molar-refractivity contribution is 7.99. The zero-order valence-electron chi connectivity index (χ0n) is 15.6. The van der Waals surface area contributed by atoms with Gasteiger partial charge in [-0.2, -0.15) is 0 Å². The Morgan fingerprint density at radius 1 is 1.15 bits per heavy atom. The molecular weight excluding hydrogens is 360 g/mol. The molecule has 0 saturated heterocycles. The van der Waals surface area contributed by atoms with E-state index in [0.717, 1.165) is 23.1 Å². The van der Waals surface area contributed by atoms with Crippen LogP contribution in [0.2, 0.25) is 0 Å². The van der Waals surface area contributed by atoms with Gasteiger partial charge >= 0.3 is 0 Å². The maximum absolute atomic E-state index is 12.3. The van der Waals surface area contributed by atoms with Crippen molar-refractivity contribution in [2.75, 3.05) is 18.2 Å². The van der Waals surface area contributed by atoms with Crippen LogP contribution in [-0.2, 0) is 11.3 Å². The highest BCUT2D eigenvalue weighted by Gasteiger charge is 2.15. The quantitative estimate of drug-likeness (QED) is 0.625. The number of rotatable bonds is 7. The van der Waals surface area contributed by atoms with Gasteiger partial charge in [0.15, 0.2) is 11.0 Å². The number of benzene rings is 2. The van der Waals surface area contributed by atoms with Crippen molar-refractivity contribution in [2.24, 2.45) is 0 Å². The second-order valence-electron chi connectivity index (χ2n) is 5.95. The van der Waals surface area contributed by atoms with E-state index in [9.17, 15) is 4.79 Å². The van der Waals surface area contributed by atoms with Gasteiger partial charge < -0.3 is 14.6 Å². The molecule has 1 N–H and O–H groups in total. The van der Waals surface area contributed by atoms with Gasteiger partial charge in [-0.1, -0.05) is 53.7 Å². The Labute approximate surface area is 163 Å². The maximum Gasteiger partial charge on any atom is 0.234 e. The predicted octanol–water partition coefficient (Wildman–Crippen LogP) is 4.01. The standard InChI is InChI=1S/C20H22N4O2S/c1-4-24-19(15-11-9-14(2)10-12-15)22-23-20(24)27-13-18(25)21-16-7-5-6-8-17(16)26-3/h5-12H,4,13H2,1-3H3,(H,21,25). The van der Waals surface area contributed by atoms with Crippen LogP contribution in [0.3, 0.4) is 0 Å². The molecule has 0 radical (unpaired) electrons. The van der Waals surface area contributed by atoms with E-state index in [-0.39, 0.29) is 11.7 Å². The van der Waals surface area contributed by atoms with Gasteiger partial charge in [-0.05, 0) is 26.0 Å². The molecule has 6 nitrogen and oxygen atoms in total. The molecule has 27 heavy (non-hydrogen) atoms. The zero-order valence-corrected chi connectivity index (χ0v) is 16.4. The van der Waals surface area contributed by atoms with E-state index in [4.69, 9.17) is 4.74 Å². The van der Waals surface area contributed by atoms with Crippen LogP contribution in [0.5, 0.6) is 5.75 Å². The van der Waals surface area contributed by atoms with Crippen LogP contribution < -0.4 is 10.1 Å². The van der Waals surface area contributed by atoms with Crippen molar-refractivity contribution in [1.82, 2.24) is 14.8 Å². The maximum atomic E-state index is 12.3. The second-order valence-corrected chi connectivity index (χ2v) is 6.90. The topological polar surface area (TPSA) is 69.0 Å². The molecule has 0 unspecified atom stereocenters. The fourth-order valence-electron chi connectivity index (χ4n) is 2.66. The molecule has 0 atom stereocenters. The summed E-state index contributed by atoms with van der Waals surface area (Å²) >= 11 is 1.37. The van der Waals surface area contributed by atoms with E-state index in [1.807, 2.05) is 47.9 Å². The Bertz CT molecular complexity index is 922. The average molecular weight is 382 g/mol. The SMILES string of the molecule is CCn1c(SCC(=O)Nc2ccccc2OC)nnc1-c1ccc(C)cc1. The highest BCUT2D eigenvalue weighted by Crippen LogP contribution is 2.26. The third-order valence-electron chi connectivity index (χ3n) is 4.06. The van der Waals surface area contributed by atoms with E-state index in [2.05, 4.69) is 34.6 Å². The number of hydrogen-bond acceptors (Lipinski definition) is 5. The molecule has 1 aromatic heterocycles. The van der Waals surface area contributed by atoms with E-state index in [1.165, 1.54) is 17.3 Å². The number of nitrogens with zero attached hydrogens (tertiary/aromatic N) is 3. The molecule has 0 aliphatic carbocycles. The molecule has 3 rings (SSSR count). The lowest BCUT2D eigenvalue weighted by atomic mass is 10.1. The Balaban J connectivity index is 1.69. The van der Waals surface area contributed by atoms with Crippen LogP contribution in [0.1, 0.15) is 12.5 Å². The molecule has 0 aliphatic rings. The molecule has 7 heteroatoms. The average Bonchev–Trinajstić information content (AvgIpc) is 3.10. The third kappa shape index (κ3) is 4.49. The fraction of sp³-hybridized carbons (Fsp3) is 0.250. The van der Waals surface area contributed by atoms with Crippen molar-refractivity contribution in [3.63, 3.8) is 0 Å². The first kappa shape index (κ1) is 19.0. The van der Waals surface area contributed by atoms with Crippen molar-refractivity contribution in [2.45, 2.75) is 25.5 Å². The first-order valence-electron chi connectivity index (χ1n) is 8.68. The number of methoxy groups -OCH3 is 1. The summed E-state index contributed by atoms with van der Waals surface area (Å²) in [6, 6.07) is 15.5. The van der Waals surface area contributed by atoms with Crippen molar-refractivity contribution in [1.29, 1.82) is 0 Å². The molecule has 2 aromatic carbocycles. The molecule has 140 valence electrons. The van der Waals surface area contributed by atoms with Crippen LogP contribution in [-0.4, -0.2) is 33.5 Å². The third-order valence-corrected chi connectivity index (χ3v) is 5.02. The van der Waals surface area contributed by atoms with Crippen LogP contribution in [0.25, 0.3) is 11.4 Å². The molecule has 0 bridgehead atoms. The fourth-order valence-corrected chi connectivity index (χ4v) is 3.46. The summed E-state index contributed by atoms with van der Waals surface area (Å²) in [5, 5.41) is 12.2. The van der Waals surface area contributed by atoms with Gasteiger partial charge in [-0.15, -0.1) is 10.2 Å². The van der Waals surface area contributed by atoms with Crippen molar-refractivity contribution in [3.05, 3.63) is 54.1 Å². The van der Waals surface area contributed by atoms with Gasteiger partial charge in [0.25, 0.3) is 0 Å². The van der Waals surface area contributed by atoms with E-state index < -0.39 is 0 Å². The summed E-state index contributed by atoms with van der Waals surface area (Å²) in [5.74, 6) is 1.57. The molecule has 0 saturated carbocycles.